The first-order valence-electron chi connectivity index (χ1n) is 14.0. The Kier molecular flexibility index (Phi) is 7.59. The topological polar surface area (TPSA) is 154 Å². The summed E-state index contributed by atoms with van der Waals surface area (Å²) in [5.41, 5.74) is 1.66. The van der Waals surface area contributed by atoms with Crippen molar-refractivity contribution in [2.45, 2.75) is 18.4 Å². The lowest BCUT2D eigenvalue weighted by Gasteiger charge is -2.24. The second-order valence-corrected chi connectivity index (χ2v) is 12.7. The van der Waals surface area contributed by atoms with Crippen LogP contribution in [0.1, 0.15) is 39.3 Å². The third-order valence-corrected chi connectivity index (χ3v) is 8.93. The van der Waals surface area contributed by atoms with E-state index in [-0.39, 0.29) is 40.5 Å². The van der Waals surface area contributed by atoms with Gasteiger partial charge in [0.25, 0.3) is 5.91 Å². The number of aromatic carboxylic acids is 1. The molecule has 0 spiro atoms. The number of sulfonamides is 1. The van der Waals surface area contributed by atoms with Crippen LogP contribution in [0.25, 0.3) is 27.9 Å². The van der Waals surface area contributed by atoms with Gasteiger partial charge in [-0.15, -0.1) is 0 Å². The lowest BCUT2D eigenvalue weighted by molar-refractivity contribution is 0.0699. The zero-order chi connectivity index (χ0) is 31.9. The normalized spacial score (nSPS) is 13.8. The van der Waals surface area contributed by atoms with E-state index in [1.807, 2.05) is 12.1 Å². The molecule has 0 radical (unpaired) electrons. The Morgan fingerprint density at radius 2 is 1.80 bits per heavy atom. The number of hydrogen-bond donors (Lipinski definition) is 3. The molecule has 45 heavy (non-hydrogen) atoms. The molecule has 11 nitrogen and oxygen atoms in total. The minimum absolute atomic E-state index is 0.0519. The van der Waals surface area contributed by atoms with Crippen LogP contribution in [0.15, 0.2) is 85.2 Å². The van der Waals surface area contributed by atoms with Gasteiger partial charge in [-0.1, -0.05) is 18.2 Å². The number of halogens is 1. The third-order valence-electron chi connectivity index (χ3n) is 7.75. The number of fused-ring (bicyclic) bond motifs is 1. The highest BCUT2D eigenvalue weighted by Gasteiger charge is 2.47. The minimum Gasteiger partial charge on any atom is -0.478 e. The number of carbonyl (C=O) groups excluding carboxylic acids is 1. The number of amides is 1. The van der Waals surface area contributed by atoms with Gasteiger partial charge in [0.2, 0.25) is 10.0 Å². The van der Waals surface area contributed by atoms with Crippen molar-refractivity contribution in [3.63, 3.8) is 0 Å². The number of anilines is 1. The van der Waals surface area contributed by atoms with Gasteiger partial charge in [-0.2, -0.15) is 5.10 Å². The highest BCUT2D eigenvalue weighted by Crippen LogP contribution is 2.45. The Bertz CT molecular complexity index is 2040. The van der Waals surface area contributed by atoms with Crippen molar-refractivity contribution in [3.05, 3.63) is 108 Å². The maximum absolute atomic E-state index is 13.6. The number of benzene rings is 2. The number of nitrogens with zero attached hydrogens (tertiary/aromatic N) is 4. The largest absolute Gasteiger partial charge is 0.478 e. The maximum atomic E-state index is 13.6. The monoisotopic (exact) mass is 629 g/mol. The molecule has 5 aromatic rings. The summed E-state index contributed by atoms with van der Waals surface area (Å²) >= 11 is 0. The molecule has 13 heteroatoms. The fourth-order valence-corrected chi connectivity index (χ4v) is 6.34. The van der Waals surface area contributed by atoms with Crippen LogP contribution in [-0.4, -0.2) is 64.5 Å². The van der Waals surface area contributed by atoms with Gasteiger partial charge in [-0.3, -0.25) is 14.1 Å². The van der Waals surface area contributed by atoms with Crippen LogP contribution < -0.4 is 9.62 Å². The van der Waals surface area contributed by atoms with Crippen molar-refractivity contribution in [2.75, 3.05) is 23.7 Å². The van der Waals surface area contributed by atoms with Crippen LogP contribution in [0.5, 0.6) is 0 Å². The number of pyridine rings is 2. The lowest BCUT2D eigenvalue weighted by Crippen LogP contribution is -2.35. The van der Waals surface area contributed by atoms with E-state index in [2.05, 4.69) is 15.4 Å². The number of nitrogens with one attached hydrogen (secondary N) is 1. The predicted molar refractivity (Wildman–Crippen MR) is 165 cm³/mol. The van der Waals surface area contributed by atoms with Gasteiger partial charge in [0.05, 0.1) is 48.0 Å². The molecule has 0 aliphatic heterocycles. The van der Waals surface area contributed by atoms with Crippen molar-refractivity contribution in [3.8, 4) is 22.4 Å². The maximum Gasteiger partial charge on any atom is 0.340 e. The minimum atomic E-state index is -3.94. The van der Waals surface area contributed by atoms with Gasteiger partial charge >= 0.3 is 5.97 Å². The second kappa shape index (κ2) is 11.4. The Labute approximate surface area is 257 Å². The highest BCUT2D eigenvalue weighted by molar-refractivity contribution is 7.92. The van der Waals surface area contributed by atoms with E-state index in [9.17, 15) is 32.6 Å². The van der Waals surface area contributed by atoms with Crippen molar-refractivity contribution in [1.29, 1.82) is 0 Å². The highest BCUT2D eigenvalue weighted by atomic mass is 32.2. The Balaban J connectivity index is 1.51. The molecule has 3 N–H and O–H groups in total. The fraction of sp³-hybridized carbons (Fsp3) is 0.188. The molecule has 0 unspecified atom stereocenters. The molecule has 1 amide bonds. The van der Waals surface area contributed by atoms with Crippen LogP contribution in [0, 0.1) is 5.82 Å². The van der Waals surface area contributed by atoms with Gasteiger partial charge in [-0.25, -0.2) is 22.1 Å². The van der Waals surface area contributed by atoms with E-state index < -0.39 is 34.0 Å². The van der Waals surface area contributed by atoms with E-state index in [0.717, 1.165) is 29.1 Å². The molecule has 2 aromatic carbocycles. The number of rotatable bonds is 10. The summed E-state index contributed by atoms with van der Waals surface area (Å²) in [6, 6.07) is 18.7. The van der Waals surface area contributed by atoms with E-state index in [1.165, 1.54) is 41.0 Å². The standard InChI is InChI=1S/C32H28FN5O6S/c1-45(43,44)38(15-16-39)26-19-37-25(28(31(41)42)29(36-37)20-8-10-23(33)11-9-20)18-24(26)21-5-4-6-22(17-21)30(40)35-32(12-13-32)27-7-2-3-14-34-27/h2-11,14,17-19,39H,12-13,15-16H2,1H3,(H,35,40)(H,41,42). The van der Waals surface area contributed by atoms with E-state index in [1.54, 1.807) is 36.5 Å². The molecule has 1 saturated carbocycles. The van der Waals surface area contributed by atoms with Gasteiger partial charge in [0, 0.05) is 22.9 Å². The Hall–Kier alpha value is -5.14. The molecule has 3 heterocycles. The molecular weight excluding hydrogens is 601 g/mol. The summed E-state index contributed by atoms with van der Waals surface area (Å²) in [5, 5.41) is 27.5. The SMILES string of the molecule is CS(=O)(=O)N(CCO)c1cn2nc(-c3ccc(F)cc3)c(C(=O)O)c2cc1-c1cccc(C(=O)NC2(c3ccccn3)CC2)c1. The molecule has 6 rings (SSSR count). The first-order valence-corrected chi connectivity index (χ1v) is 15.8. The molecule has 3 aromatic heterocycles. The van der Waals surface area contributed by atoms with E-state index >= 15 is 0 Å². The Morgan fingerprint density at radius 3 is 2.42 bits per heavy atom. The summed E-state index contributed by atoms with van der Waals surface area (Å²) in [5.74, 6) is -2.16. The molecular formula is C32H28FN5O6S. The number of carbonyl (C=O) groups is 2. The summed E-state index contributed by atoms with van der Waals surface area (Å²) in [6.07, 6.45) is 5.49. The average Bonchev–Trinajstić information content (AvgIpc) is 3.70. The Morgan fingerprint density at radius 1 is 1.04 bits per heavy atom. The first kappa shape index (κ1) is 29.9. The van der Waals surface area contributed by atoms with Crippen LogP contribution >= 0.6 is 0 Å². The smallest absolute Gasteiger partial charge is 0.340 e. The molecule has 1 aliphatic carbocycles. The molecule has 230 valence electrons. The van der Waals surface area contributed by atoms with E-state index in [0.29, 0.717) is 16.7 Å². The average molecular weight is 630 g/mol. The summed E-state index contributed by atoms with van der Waals surface area (Å²) in [6.45, 7) is -0.787. The second-order valence-electron chi connectivity index (χ2n) is 10.8. The number of carboxylic acids is 1. The van der Waals surface area contributed by atoms with Crippen LogP contribution in [0.3, 0.4) is 0 Å². The molecule has 0 atom stereocenters. The fourth-order valence-electron chi connectivity index (χ4n) is 5.42. The molecule has 0 saturated heterocycles. The molecule has 0 bridgehead atoms. The number of aliphatic hydroxyl groups is 1. The van der Waals surface area contributed by atoms with Gasteiger partial charge in [0.1, 0.15) is 17.1 Å². The number of hydrogen-bond acceptors (Lipinski definition) is 7. The van der Waals surface area contributed by atoms with Crippen LogP contribution in [-0.2, 0) is 15.6 Å². The summed E-state index contributed by atoms with van der Waals surface area (Å²) in [4.78, 5) is 30.4. The third kappa shape index (κ3) is 5.75. The predicted octanol–water partition coefficient (Wildman–Crippen LogP) is 4.08. The summed E-state index contributed by atoms with van der Waals surface area (Å²) in [7, 11) is -3.94. The summed E-state index contributed by atoms with van der Waals surface area (Å²) < 4.78 is 41.8. The van der Waals surface area contributed by atoms with Crippen LogP contribution in [0.4, 0.5) is 10.1 Å². The van der Waals surface area contributed by atoms with Crippen molar-refractivity contribution < 1.29 is 32.6 Å². The first-order chi connectivity index (χ1) is 21.5. The zero-order valence-corrected chi connectivity index (χ0v) is 24.8. The molecule has 1 aliphatic rings. The molecule has 1 fully saturated rings. The van der Waals surface area contributed by atoms with Gasteiger partial charge < -0.3 is 15.5 Å². The van der Waals surface area contributed by atoms with Crippen LogP contribution in [0.2, 0.25) is 0 Å². The van der Waals surface area contributed by atoms with E-state index in [4.69, 9.17) is 0 Å². The quantitative estimate of drug-likeness (QED) is 0.209. The van der Waals surface area contributed by atoms with Crippen molar-refractivity contribution >= 4 is 33.1 Å². The lowest BCUT2D eigenvalue weighted by atomic mass is 9.99. The van der Waals surface area contributed by atoms with Gasteiger partial charge in [-0.05, 0) is 73.0 Å². The van der Waals surface area contributed by atoms with Crippen molar-refractivity contribution in [2.24, 2.45) is 0 Å². The number of aliphatic hydroxyl groups excluding tert-OH is 1. The zero-order valence-electron chi connectivity index (χ0n) is 24.0. The van der Waals surface area contributed by atoms with Gasteiger partial charge in [0.15, 0.2) is 0 Å². The number of carboxylic acid groups (broad SMARTS) is 1. The van der Waals surface area contributed by atoms with Crippen molar-refractivity contribution in [1.82, 2.24) is 19.9 Å². The number of aromatic nitrogens is 3.